The first-order chi connectivity index (χ1) is 14.2. The zero-order valence-corrected chi connectivity index (χ0v) is 17.5. The van der Waals surface area contributed by atoms with Crippen LogP contribution in [0.4, 0.5) is 11.5 Å². The molecule has 1 amide bonds. The number of amides is 1. The van der Waals surface area contributed by atoms with Gasteiger partial charge in [-0.15, -0.1) is 0 Å². The number of halogens is 1. The normalized spacial score (nSPS) is 18.2. The first kappa shape index (κ1) is 20.0. The predicted octanol–water partition coefficient (Wildman–Crippen LogP) is 2.60. The van der Waals surface area contributed by atoms with Crippen LogP contribution in [0.1, 0.15) is 6.42 Å². The van der Waals surface area contributed by atoms with Gasteiger partial charge in [0.25, 0.3) is 0 Å². The lowest BCUT2D eigenvalue weighted by Crippen LogP contribution is -2.50. The van der Waals surface area contributed by atoms with Crippen molar-refractivity contribution in [1.29, 1.82) is 0 Å². The topological polar surface area (TPSA) is 42.9 Å². The number of carbonyl (C=O) groups is 1. The van der Waals surface area contributed by atoms with Gasteiger partial charge in [0.1, 0.15) is 5.82 Å². The van der Waals surface area contributed by atoms with E-state index in [0.717, 1.165) is 75.4 Å². The minimum absolute atomic E-state index is 0.263. The van der Waals surface area contributed by atoms with Crippen molar-refractivity contribution in [3.05, 3.63) is 53.7 Å². The Balaban J connectivity index is 1.19. The summed E-state index contributed by atoms with van der Waals surface area (Å²) >= 11 is 6.32. The van der Waals surface area contributed by atoms with Crippen molar-refractivity contribution < 1.29 is 4.79 Å². The third kappa shape index (κ3) is 5.00. The molecule has 0 saturated carbocycles. The van der Waals surface area contributed by atoms with E-state index in [2.05, 4.69) is 25.8 Å². The van der Waals surface area contributed by atoms with Gasteiger partial charge < -0.3 is 14.7 Å². The Morgan fingerprint density at radius 2 is 1.55 bits per heavy atom. The number of pyridine rings is 1. The summed E-state index contributed by atoms with van der Waals surface area (Å²) in [5.74, 6) is 1.26. The van der Waals surface area contributed by atoms with Gasteiger partial charge in [-0.3, -0.25) is 9.69 Å². The van der Waals surface area contributed by atoms with Gasteiger partial charge in [0, 0.05) is 71.5 Å². The third-order valence-corrected chi connectivity index (χ3v) is 6.13. The molecular weight excluding hydrogens is 386 g/mol. The average molecular weight is 414 g/mol. The van der Waals surface area contributed by atoms with E-state index < -0.39 is 0 Å². The Labute approximate surface area is 177 Å². The van der Waals surface area contributed by atoms with Crippen LogP contribution in [-0.4, -0.2) is 79.6 Å². The second kappa shape index (κ2) is 9.46. The monoisotopic (exact) mass is 413 g/mol. The minimum Gasteiger partial charge on any atom is -0.368 e. The van der Waals surface area contributed by atoms with Crippen LogP contribution in [0.25, 0.3) is 0 Å². The van der Waals surface area contributed by atoms with E-state index in [1.165, 1.54) is 0 Å². The molecule has 6 nitrogen and oxygen atoms in total. The summed E-state index contributed by atoms with van der Waals surface area (Å²) in [5, 5.41) is 0.806. The number of carbonyl (C=O) groups excluding carboxylic acids is 1. The molecule has 0 bridgehead atoms. The molecule has 2 aliphatic heterocycles. The molecule has 0 atom stereocenters. The highest BCUT2D eigenvalue weighted by Crippen LogP contribution is 2.26. The fourth-order valence-electron chi connectivity index (χ4n) is 4.06. The molecular formula is C22H28ClN5O. The SMILES string of the molecule is O=C(CCN1CCN(c2ccccc2Cl)CC1)N1CCN(c2ccccn2)CC1. The molecule has 0 unspecified atom stereocenters. The van der Waals surface area contributed by atoms with E-state index >= 15 is 0 Å². The van der Waals surface area contributed by atoms with Gasteiger partial charge in [-0.2, -0.15) is 0 Å². The molecule has 0 spiro atoms. The summed E-state index contributed by atoms with van der Waals surface area (Å²) in [6, 6.07) is 14.0. The fourth-order valence-corrected chi connectivity index (χ4v) is 4.31. The molecule has 154 valence electrons. The van der Waals surface area contributed by atoms with E-state index in [1.54, 1.807) is 0 Å². The van der Waals surface area contributed by atoms with Crippen LogP contribution in [-0.2, 0) is 4.79 Å². The second-order valence-corrected chi connectivity index (χ2v) is 7.99. The largest absolute Gasteiger partial charge is 0.368 e. The zero-order valence-electron chi connectivity index (χ0n) is 16.7. The fraction of sp³-hybridized carbons (Fsp3) is 0.455. The number of rotatable bonds is 5. The Bertz CT molecular complexity index is 802. The summed E-state index contributed by atoms with van der Waals surface area (Å²) in [4.78, 5) is 26.0. The van der Waals surface area contributed by atoms with Gasteiger partial charge >= 0.3 is 0 Å². The molecule has 1 aromatic carbocycles. The van der Waals surface area contributed by atoms with E-state index in [-0.39, 0.29) is 5.91 Å². The maximum absolute atomic E-state index is 12.7. The van der Waals surface area contributed by atoms with Crippen LogP contribution in [0.2, 0.25) is 5.02 Å². The molecule has 4 rings (SSSR count). The summed E-state index contributed by atoms with van der Waals surface area (Å²) in [6.45, 7) is 7.89. The van der Waals surface area contributed by atoms with E-state index in [9.17, 15) is 4.79 Å². The van der Waals surface area contributed by atoms with Crippen molar-refractivity contribution in [1.82, 2.24) is 14.8 Å². The summed E-state index contributed by atoms with van der Waals surface area (Å²) in [7, 11) is 0. The van der Waals surface area contributed by atoms with Gasteiger partial charge in [-0.1, -0.05) is 29.8 Å². The highest BCUT2D eigenvalue weighted by Gasteiger charge is 2.23. The first-order valence-corrected chi connectivity index (χ1v) is 10.7. The lowest BCUT2D eigenvalue weighted by molar-refractivity contribution is -0.131. The van der Waals surface area contributed by atoms with Crippen molar-refractivity contribution in [2.75, 3.05) is 68.7 Å². The van der Waals surface area contributed by atoms with Gasteiger partial charge in [0.05, 0.1) is 10.7 Å². The van der Waals surface area contributed by atoms with Crippen LogP contribution < -0.4 is 9.80 Å². The molecule has 3 heterocycles. The number of hydrogen-bond donors (Lipinski definition) is 0. The standard InChI is InChI=1S/C22H28ClN5O/c23-19-5-1-2-6-20(19)26-13-11-25(12-14-26)10-8-22(29)28-17-15-27(16-18-28)21-7-3-4-9-24-21/h1-7,9H,8,10-18H2. The lowest BCUT2D eigenvalue weighted by atomic mass is 10.2. The van der Waals surface area contributed by atoms with Crippen molar-refractivity contribution in [3.8, 4) is 0 Å². The summed E-state index contributed by atoms with van der Waals surface area (Å²) in [6.07, 6.45) is 2.41. The minimum atomic E-state index is 0.263. The number of nitrogens with zero attached hydrogens (tertiary/aromatic N) is 5. The molecule has 1 aromatic heterocycles. The van der Waals surface area contributed by atoms with Crippen molar-refractivity contribution >= 4 is 29.0 Å². The van der Waals surface area contributed by atoms with E-state index in [4.69, 9.17) is 11.6 Å². The molecule has 2 saturated heterocycles. The van der Waals surface area contributed by atoms with E-state index in [0.29, 0.717) is 6.42 Å². The Morgan fingerprint density at radius 1 is 0.862 bits per heavy atom. The van der Waals surface area contributed by atoms with Gasteiger partial charge in [-0.05, 0) is 24.3 Å². The van der Waals surface area contributed by atoms with E-state index in [1.807, 2.05) is 47.5 Å². The van der Waals surface area contributed by atoms with Crippen molar-refractivity contribution in [2.24, 2.45) is 0 Å². The Kier molecular flexibility index (Phi) is 6.52. The zero-order chi connectivity index (χ0) is 20.1. The summed E-state index contributed by atoms with van der Waals surface area (Å²) in [5.41, 5.74) is 1.11. The molecule has 2 aromatic rings. The Morgan fingerprint density at radius 3 is 2.24 bits per heavy atom. The number of hydrogen-bond acceptors (Lipinski definition) is 5. The number of aromatic nitrogens is 1. The molecule has 0 N–H and O–H groups in total. The smallest absolute Gasteiger partial charge is 0.223 e. The maximum Gasteiger partial charge on any atom is 0.223 e. The van der Waals surface area contributed by atoms with Crippen LogP contribution in [0.15, 0.2) is 48.7 Å². The number of benzene rings is 1. The number of piperazine rings is 2. The molecule has 2 aliphatic rings. The van der Waals surface area contributed by atoms with Crippen LogP contribution in [0.3, 0.4) is 0 Å². The molecule has 7 heteroatoms. The van der Waals surface area contributed by atoms with Crippen LogP contribution in [0, 0.1) is 0 Å². The predicted molar refractivity (Wildman–Crippen MR) is 118 cm³/mol. The summed E-state index contributed by atoms with van der Waals surface area (Å²) < 4.78 is 0. The molecule has 29 heavy (non-hydrogen) atoms. The van der Waals surface area contributed by atoms with Crippen LogP contribution in [0.5, 0.6) is 0 Å². The third-order valence-electron chi connectivity index (χ3n) is 5.81. The molecule has 2 fully saturated rings. The van der Waals surface area contributed by atoms with Crippen LogP contribution >= 0.6 is 11.6 Å². The van der Waals surface area contributed by atoms with Gasteiger partial charge in [0.2, 0.25) is 5.91 Å². The Hall–Kier alpha value is -2.31. The van der Waals surface area contributed by atoms with Gasteiger partial charge in [-0.25, -0.2) is 4.98 Å². The average Bonchev–Trinajstić information content (AvgIpc) is 2.79. The van der Waals surface area contributed by atoms with Crippen molar-refractivity contribution in [3.63, 3.8) is 0 Å². The van der Waals surface area contributed by atoms with Gasteiger partial charge in [0.15, 0.2) is 0 Å². The highest BCUT2D eigenvalue weighted by atomic mass is 35.5. The maximum atomic E-state index is 12.7. The molecule has 0 radical (unpaired) electrons. The second-order valence-electron chi connectivity index (χ2n) is 7.59. The quantitative estimate of drug-likeness (QED) is 0.753. The lowest BCUT2D eigenvalue weighted by Gasteiger charge is -2.37. The highest BCUT2D eigenvalue weighted by molar-refractivity contribution is 6.33. The number of anilines is 2. The number of para-hydroxylation sites is 1. The molecule has 0 aliphatic carbocycles. The first-order valence-electron chi connectivity index (χ1n) is 10.4. The van der Waals surface area contributed by atoms with Crippen molar-refractivity contribution in [2.45, 2.75) is 6.42 Å².